The third-order valence-corrected chi connectivity index (χ3v) is 3.95. The average molecular weight is 286 g/mol. The summed E-state index contributed by atoms with van der Waals surface area (Å²) in [6.07, 6.45) is 3.37. The van der Waals surface area contributed by atoms with Gasteiger partial charge in [0.25, 0.3) is 0 Å². The van der Waals surface area contributed by atoms with E-state index in [4.69, 9.17) is 0 Å². The fourth-order valence-electron chi connectivity index (χ4n) is 2.55. The Labute approximate surface area is 125 Å². The van der Waals surface area contributed by atoms with E-state index in [0.717, 1.165) is 11.1 Å². The van der Waals surface area contributed by atoms with Crippen molar-refractivity contribution in [1.29, 1.82) is 0 Å². The number of hydrogen-bond donors (Lipinski definition) is 1. The molecule has 1 aromatic carbocycles. The molecule has 1 fully saturated rings. The van der Waals surface area contributed by atoms with Crippen LogP contribution in [0.1, 0.15) is 30.5 Å². The summed E-state index contributed by atoms with van der Waals surface area (Å²) in [4.78, 5) is 25.9. The second kappa shape index (κ2) is 5.72. The number of aryl methyl sites for hydroxylation is 2. The van der Waals surface area contributed by atoms with Gasteiger partial charge in [-0.15, -0.1) is 0 Å². The quantitative estimate of drug-likeness (QED) is 0.846. The van der Waals surface area contributed by atoms with Crippen molar-refractivity contribution < 1.29 is 9.59 Å². The largest absolute Gasteiger partial charge is 0.352 e. The van der Waals surface area contributed by atoms with Gasteiger partial charge in [0.1, 0.15) is 5.54 Å². The molecule has 0 unspecified atom stereocenters. The molecule has 0 spiro atoms. The molecule has 2 rings (SSSR count). The summed E-state index contributed by atoms with van der Waals surface area (Å²) >= 11 is 0. The van der Waals surface area contributed by atoms with E-state index in [1.54, 1.807) is 24.8 Å². The summed E-state index contributed by atoms with van der Waals surface area (Å²) in [5.74, 6) is -0.239. The molecule has 0 aromatic heterocycles. The minimum absolute atomic E-state index is 0.109. The minimum atomic E-state index is -0.804. The van der Waals surface area contributed by atoms with E-state index < -0.39 is 5.54 Å². The maximum absolute atomic E-state index is 12.4. The standard InChI is InChI=1S/C17H22N2O2/c1-12-5-6-14(13(2)11-12)7-8-15(20)19-10-9-18-16(21)17(19,3)4/h5-8,11H,9-10H2,1-4H3,(H,18,21). The van der Waals surface area contributed by atoms with Gasteiger partial charge in [-0.25, -0.2) is 0 Å². The van der Waals surface area contributed by atoms with Crippen molar-refractivity contribution in [2.45, 2.75) is 33.2 Å². The predicted molar refractivity (Wildman–Crippen MR) is 83.8 cm³/mol. The van der Waals surface area contributed by atoms with Gasteiger partial charge in [0.15, 0.2) is 0 Å². The number of amides is 2. The highest BCUT2D eigenvalue weighted by Gasteiger charge is 2.39. The molecular weight excluding hydrogens is 264 g/mol. The molecule has 4 nitrogen and oxygen atoms in total. The molecule has 1 saturated heterocycles. The van der Waals surface area contributed by atoms with Gasteiger partial charge in [0.2, 0.25) is 11.8 Å². The monoisotopic (exact) mass is 286 g/mol. The van der Waals surface area contributed by atoms with Crippen molar-refractivity contribution in [3.8, 4) is 0 Å². The topological polar surface area (TPSA) is 49.4 Å². The molecule has 1 aromatic rings. The molecule has 1 aliphatic rings. The van der Waals surface area contributed by atoms with E-state index in [1.807, 2.05) is 32.1 Å². The molecule has 1 aliphatic heterocycles. The Morgan fingerprint density at radius 3 is 2.71 bits per heavy atom. The van der Waals surface area contributed by atoms with E-state index >= 15 is 0 Å². The molecule has 0 bridgehead atoms. The van der Waals surface area contributed by atoms with E-state index in [-0.39, 0.29) is 11.8 Å². The number of piperazine rings is 1. The van der Waals surface area contributed by atoms with E-state index in [2.05, 4.69) is 11.4 Å². The van der Waals surface area contributed by atoms with Crippen LogP contribution in [0.4, 0.5) is 0 Å². The zero-order valence-corrected chi connectivity index (χ0v) is 13.1. The summed E-state index contributed by atoms with van der Waals surface area (Å²) in [5, 5.41) is 2.79. The lowest BCUT2D eigenvalue weighted by molar-refractivity contribution is -0.146. The van der Waals surface area contributed by atoms with Crippen LogP contribution in [-0.2, 0) is 9.59 Å². The van der Waals surface area contributed by atoms with Gasteiger partial charge in [-0.3, -0.25) is 9.59 Å². The average Bonchev–Trinajstić information content (AvgIpc) is 2.40. The Morgan fingerprint density at radius 2 is 2.05 bits per heavy atom. The number of carbonyl (C=O) groups excluding carboxylic acids is 2. The first kappa shape index (κ1) is 15.3. The first-order valence-corrected chi connectivity index (χ1v) is 7.17. The van der Waals surface area contributed by atoms with Crippen LogP contribution in [0.5, 0.6) is 0 Å². The summed E-state index contributed by atoms with van der Waals surface area (Å²) in [6, 6.07) is 6.11. The number of hydrogen-bond acceptors (Lipinski definition) is 2. The lowest BCUT2D eigenvalue weighted by Gasteiger charge is -2.40. The van der Waals surface area contributed by atoms with Crippen LogP contribution in [-0.4, -0.2) is 35.3 Å². The van der Waals surface area contributed by atoms with Crippen LogP contribution in [0.2, 0.25) is 0 Å². The maximum atomic E-state index is 12.4. The highest BCUT2D eigenvalue weighted by molar-refractivity contribution is 5.98. The summed E-state index contributed by atoms with van der Waals surface area (Å²) < 4.78 is 0. The van der Waals surface area contributed by atoms with Gasteiger partial charge in [-0.1, -0.05) is 23.8 Å². The van der Waals surface area contributed by atoms with E-state index in [9.17, 15) is 9.59 Å². The second-order valence-corrected chi connectivity index (χ2v) is 6.00. The number of nitrogens with zero attached hydrogens (tertiary/aromatic N) is 1. The Morgan fingerprint density at radius 1 is 1.33 bits per heavy atom. The van der Waals surface area contributed by atoms with Crippen LogP contribution >= 0.6 is 0 Å². The van der Waals surface area contributed by atoms with E-state index in [0.29, 0.717) is 13.1 Å². The molecule has 21 heavy (non-hydrogen) atoms. The van der Waals surface area contributed by atoms with Crippen LogP contribution in [0, 0.1) is 13.8 Å². The van der Waals surface area contributed by atoms with Gasteiger partial charge >= 0.3 is 0 Å². The second-order valence-electron chi connectivity index (χ2n) is 6.00. The van der Waals surface area contributed by atoms with Crippen molar-refractivity contribution in [3.05, 3.63) is 41.0 Å². The van der Waals surface area contributed by atoms with Crippen molar-refractivity contribution in [2.75, 3.05) is 13.1 Å². The summed E-state index contributed by atoms with van der Waals surface area (Å²) in [5.41, 5.74) is 2.55. The predicted octanol–water partition coefficient (Wildman–Crippen LogP) is 2.05. The molecule has 2 amide bonds. The minimum Gasteiger partial charge on any atom is -0.352 e. The van der Waals surface area contributed by atoms with Gasteiger partial charge in [0.05, 0.1) is 0 Å². The lowest BCUT2D eigenvalue weighted by atomic mass is 9.98. The van der Waals surface area contributed by atoms with Crippen molar-refractivity contribution in [1.82, 2.24) is 10.2 Å². The summed E-state index contributed by atoms with van der Waals surface area (Å²) in [7, 11) is 0. The first-order valence-electron chi connectivity index (χ1n) is 7.17. The molecule has 112 valence electrons. The normalized spacial score (nSPS) is 17.9. The number of benzene rings is 1. The molecular formula is C17H22N2O2. The Hall–Kier alpha value is -2.10. The highest BCUT2D eigenvalue weighted by Crippen LogP contribution is 2.19. The number of nitrogens with one attached hydrogen (secondary N) is 1. The fourth-order valence-corrected chi connectivity index (χ4v) is 2.55. The fraction of sp³-hybridized carbons (Fsp3) is 0.412. The van der Waals surface area contributed by atoms with Crippen LogP contribution in [0.3, 0.4) is 0 Å². The number of rotatable bonds is 2. The molecule has 0 aliphatic carbocycles. The third-order valence-electron chi connectivity index (χ3n) is 3.95. The van der Waals surface area contributed by atoms with Crippen LogP contribution in [0.15, 0.2) is 24.3 Å². The maximum Gasteiger partial charge on any atom is 0.247 e. The zero-order valence-electron chi connectivity index (χ0n) is 13.1. The van der Waals surface area contributed by atoms with Gasteiger partial charge < -0.3 is 10.2 Å². The third kappa shape index (κ3) is 3.15. The first-order chi connectivity index (χ1) is 9.82. The lowest BCUT2D eigenvalue weighted by Crippen LogP contribution is -2.63. The van der Waals surface area contributed by atoms with E-state index in [1.165, 1.54) is 5.56 Å². The van der Waals surface area contributed by atoms with Gasteiger partial charge in [-0.05, 0) is 44.9 Å². The smallest absolute Gasteiger partial charge is 0.247 e. The Bertz CT molecular complexity index is 603. The molecule has 0 radical (unpaired) electrons. The van der Waals surface area contributed by atoms with Gasteiger partial charge in [-0.2, -0.15) is 0 Å². The molecule has 0 atom stereocenters. The van der Waals surface area contributed by atoms with Crippen molar-refractivity contribution in [2.24, 2.45) is 0 Å². The summed E-state index contributed by atoms with van der Waals surface area (Å²) in [6.45, 7) is 8.64. The van der Waals surface area contributed by atoms with Gasteiger partial charge in [0, 0.05) is 19.2 Å². The molecule has 4 heteroatoms. The molecule has 0 saturated carbocycles. The van der Waals surface area contributed by atoms with Crippen LogP contribution in [0.25, 0.3) is 6.08 Å². The zero-order chi connectivity index (χ0) is 15.6. The SMILES string of the molecule is Cc1ccc(C=CC(=O)N2CCNC(=O)C2(C)C)c(C)c1. The van der Waals surface area contributed by atoms with Crippen LogP contribution < -0.4 is 5.32 Å². The number of carbonyl (C=O) groups is 2. The molecule has 1 N–H and O–H groups in total. The van der Waals surface area contributed by atoms with Crippen molar-refractivity contribution >= 4 is 17.9 Å². The highest BCUT2D eigenvalue weighted by atomic mass is 16.2. The van der Waals surface area contributed by atoms with Crippen molar-refractivity contribution in [3.63, 3.8) is 0 Å². The molecule has 1 heterocycles. The Balaban J connectivity index is 2.17. The Kier molecular flexibility index (Phi) is 4.16.